The quantitative estimate of drug-likeness (QED) is 0.662. The van der Waals surface area contributed by atoms with E-state index in [-0.39, 0.29) is 0 Å². The second kappa shape index (κ2) is 3.34. The molecule has 0 radical (unpaired) electrons. The van der Waals surface area contributed by atoms with E-state index in [0.717, 1.165) is 17.0 Å². The Morgan fingerprint density at radius 3 is 2.73 bits per heavy atom. The molecule has 0 saturated heterocycles. The van der Waals surface area contributed by atoms with Gasteiger partial charge in [-0.3, -0.25) is 5.10 Å². The highest BCUT2D eigenvalue weighted by Crippen LogP contribution is 2.10. The van der Waals surface area contributed by atoms with Crippen molar-refractivity contribution in [3.63, 3.8) is 0 Å². The molecule has 0 aliphatic rings. The van der Waals surface area contributed by atoms with Crippen LogP contribution in [0.2, 0.25) is 0 Å². The maximum atomic E-state index is 5.33. The molecule has 0 unspecified atom stereocenters. The Bertz CT molecular complexity index is 241. The lowest BCUT2D eigenvalue weighted by atomic mass is 10.2. The van der Waals surface area contributed by atoms with E-state index in [9.17, 15) is 0 Å². The Morgan fingerprint density at radius 1 is 1.55 bits per heavy atom. The number of nitrogens with two attached hydrogens (primary N) is 1. The number of H-pyrrole nitrogens is 1. The van der Waals surface area contributed by atoms with E-state index in [4.69, 9.17) is 5.73 Å². The van der Waals surface area contributed by atoms with E-state index in [0.29, 0.717) is 6.54 Å². The van der Waals surface area contributed by atoms with Crippen LogP contribution in [0.5, 0.6) is 0 Å². The summed E-state index contributed by atoms with van der Waals surface area (Å²) >= 11 is 0. The second-order valence-corrected chi connectivity index (χ2v) is 2.49. The number of aromatic amines is 1. The number of nitrogens with zero attached hydrogens (tertiary/aromatic N) is 1. The molecule has 1 aromatic rings. The van der Waals surface area contributed by atoms with Crippen molar-refractivity contribution < 1.29 is 0 Å². The summed E-state index contributed by atoms with van der Waals surface area (Å²) in [5.74, 6) is 0. The molecular weight excluding hydrogens is 138 g/mol. The molecule has 0 amide bonds. The molecule has 0 bridgehead atoms. The summed E-state index contributed by atoms with van der Waals surface area (Å²) in [5, 5.41) is 6.96. The minimum atomic E-state index is 0.573. The molecule has 0 atom stereocenters. The molecule has 11 heavy (non-hydrogen) atoms. The normalized spacial score (nSPS) is 11.2. The first-order valence-electron chi connectivity index (χ1n) is 3.64. The highest BCUT2D eigenvalue weighted by Gasteiger charge is 2.00. The van der Waals surface area contributed by atoms with Gasteiger partial charge in [-0.1, -0.05) is 12.2 Å². The van der Waals surface area contributed by atoms with Gasteiger partial charge in [0.05, 0.1) is 5.69 Å². The maximum absolute atomic E-state index is 5.33. The zero-order valence-corrected chi connectivity index (χ0v) is 6.89. The van der Waals surface area contributed by atoms with Crippen LogP contribution in [0.25, 0.3) is 6.08 Å². The second-order valence-electron chi connectivity index (χ2n) is 2.49. The standard InChI is InChI=1S/C8H13N3/c1-6-8(4-3-5-9)7(2)11-10-6/h3-4H,5,9H2,1-2H3,(H,10,11). The lowest BCUT2D eigenvalue weighted by molar-refractivity contribution is 1.02. The van der Waals surface area contributed by atoms with Crippen molar-refractivity contribution >= 4 is 6.08 Å². The van der Waals surface area contributed by atoms with Gasteiger partial charge in [-0.15, -0.1) is 0 Å². The monoisotopic (exact) mass is 151 g/mol. The van der Waals surface area contributed by atoms with Gasteiger partial charge in [0.25, 0.3) is 0 Å². The fourth-order valence-electron chi connectivity index (χ4n) is 0.991. The van der Waals surface area contributed by atoms with Crippen LogP contribution < -0.4 is 5.73 Å². The molecule has 1 heterocycles. The van der Waals surface area contributed by atoms with Crippen molar-refractivity contribution in [2.45, 2.75) is 13.8 Å². The van der Waals surface area contributed by atoms with E-state index in [1.807, 2.05) is 26.0 Å². The third-order valence-corrected chi connectivity index (χ3v) is 1.61. The van der Waals surface area contributed by atoms with Gasteiger partial charge in [-0.25, -0.2) is 0 Å². The van der Waals surface area contributed by atoms with Crippen molar-refractivity contribution in [2.24, 2.45) is 5.73 Å². The van der Waals surface area contributed by atoms with E-state index in [2.05, 4.69) is 10.2 Å². The highest BCUT2D eigenvalue weighted by molar-refractivity contribution is 5.54. The zero-order chi connectivity index (χ0) is 8.27. The van der Waals surface area contributed by atoms with Crippen LogP contribution in [-0.2, 0) is 0 Å². The number of nitrogens with one attached hydrogen (secondary N) is 1. The summed E-state index contributed by atoms with van der Waals surface area (Å²) in [6.07, 6.45) is 3.92. The van der Waals surface area contributed by atoms with Crippen LogP contribution in [0, 0.1) is 13.8 Å². The topological polar surface area (TPSA) is 54.7 Å². The molecule has 1 aromatic heterocycles. The average molecular weight is 151 g/mol. The number of rotatable bonds is 2. The number of aromatic nitrogens is 2. The predicted octanol–water partition coefficient (Wildman–Crippen LogP) is 0.998. The molecule has 3 heteroatoms. The summed E-state index contributed by atoms with van der Waals surface area (Å²) in [5.41, 5.74) is 8.59. The lowest BCUT2D eigenvalue weighted by Gasteiger charge is -1.89. The maximum Gasteiger partial charge on any atom is 0.0666 e. The Balaban J connectivity index is 2.92. The number of hydrogen-bond acceptors (Lipinski definition) is 2. The van der Waals surface area contributed by atoms with Gasteiger partial charge in [0.1, 0.15) is 0 Å². The van der Waals surface area contributed by atoms with Crippen LogP contribution in [0.1, 0.15) is 17.0 Å². The first-order valence-corrected chi connectivity index (χ1v) is 3.64. The molecule has 3 nitrogen and oxygen atoms in total. The van der Waals surface area contributed by atoms with Gasteiger partial charge in [-0.05, 0) is 13.8 Å². The van der Waals surface area contributed by atoms with E-state index >= 15 is 0 Å². The molecule has 0 aliphatic carbocycles. The van der Waals surface area contributed by atoms with Crippen molar-refractivity contribution in [3.8, 4) is 0 Å². The van der Waals surface area contributed by atoms with E-state index in [1.54, 1.807) is 0 Å². The Labute approximate surface area is 66.3 Å². The zero-order valence-electron chi connectivity index (χ0n) is 6.89. The number of aryl methyl sites for hydroxylation is 2. The van der Waals surface area contributed by atoms with E-state index < -0.39 is 0 Å². The van der Waals surface area contributed by atoms with Crippen LogP contribution in [-0.4, -0.2) is 16.7 Å². The van der Waals surface area contributed by atoms with Crippen LogP contribution in [0.15, 0.2) is 6.08 Å². The summed E-state index contributed by atoms with van der Waals surface area (Å²) in [6.45, 7) is 4.54. The van der Waals surface area contributed by atoms with Gasteiger partial charge in [-0.2, -0.15) is 5.10 Å². The Morgan fingerprint density at radius 2 is 2.27 bits per heavy atom. The smallest absolute Gasteiger partial charge is 0.0666 e. The molecule has 3 N–H and O–H groups in total. The van der Waals surface area contributed by atoms with Crippen LogP contribution in [0.4, 0.5) is 0 Å². The van der Waals surface area contributed by atoms with Gasteiger partial charge in [0, 0.05) is 17.8 Å². The molecule has 0 aromatic carbocycles. The van der Waals surface area contributed by atoms with Gasteiger partial charge in [0.2, 0.25) is 0 Å². The van der Waals surface area contributed by atoms with Crippen LogP contribution in [0.3, 0.4) is 0 Å². The fraction of sp³-hybridized carbons (Fsp3) is 0.375. The molecule has 0 spiro atoms. The molecule has 0 fully saturated rings. The fourth-order valence-corrected chi connectivity index (χ4v) is 0.991. The first kappa shape index (κ1) is 8.01. The predicted molar refractivity (Wildman–Crippen MR) is 46.2 cm³/mol. The van der Waals surface area contributed by atoms with Gasteiger partial charge >= 0.3 is 0 Å². The molecule has 1 rings (SSSR count). The van der Waals surface area contributed by atoms with Crippen molar-refractivity contribution in [1.29, 1.82) is 0 Å². The third kappa shape index (κ3) is 1.68. The SMILES string of the molecule is Cc1n[nH]c(C)c1C=CCN. The Hall–Kier alpha value is -1.09. The average Bonchev–Trinajstić information content (AvgIpc) is 2.29. The third-order valence-electron chi connectivity index (χ3n) is 1.61. The number of hydrogen-bond donors (Lipinski definition) is 2. The largest absolute Gasteiger partial charge is 0.327 e. The molecule has 0 saturated carbocycles. The van der Waals surface area contributed by atoms with Gasteiger partial charge in [0.15, 0.2) is 0 Å². The molecular formula is C8H13N3. The highest BCUT2D eigenvalue weighted by atomic mass is 15.1. The van der Waals surface area contributed by atoms with E-state index in [1.165, 1.54) is 0 Å². The first-order chi connectivity index (χ1) is 5.25. The molecule has 0 aliphatic heterocycles. The van der Waals surface area contributed by atoms with Crippen molar-refractivity contribution in [2.75, 3.05) is 6.54 Å². The Kier molecular flexibility index (Phi) is 2.44. The lowest BCUT2D eigenvalue weighted by Crippen LogP contribution is -1.92. The van der Waals surface area contributed by atoms with Gasteiger partial charge < -0.3 is 5.73 Å². The van der Waals surface area contributed by atoms with Crippen LogP contribution >= 0.6 is 0 Å². The summed E-state index contributed by atoms with van der Waals surface area (Å²) in [4.78, 5) is 0. The molecule has 60 valence electrons. The minimum Gasteiger partial charge on any atom is -0.327 e. The summed E-state index contributed by atoms with van der Waals surface area (Å²) in [6, 6.07) is 0. The van der Waals surface area contributed by atoms with Crippen molar-refractivity contribution in [1.82, 2.24) is 10.2 Å². The van der Waals surface area contributed by atoms with Crippen molar-refractivity contribution in [3.05, 3.63) is 23.0 Å². The summed E-state index contributed by atoms with van der Waals surface area (Å²) in [7, 11) is 0. The summed E-state index contributed by atoms with van der Waals surface area (Å²) < 4.78 is 0. The minimum absolute atomic E-state index is 0.573.